The molecular weight excluding hydrogens is 576 g/mol. The fraction of sp³-hybridized carbons (Fsp3) is 0.618. The molecule has 0 saturated carbocycles. The van der Waals surface area contributed by atoms with Gasteiger partial charge in [-0.2, -0.15) is 0 Å². The molecule has 11 heteroatoms. The number of methoxy groups -OCH3 is 1. The van der Waals surface area contributed by atoms with Crippen molar-refractivity contribution in [2.75, 3.05) is 13.7 Å². The third-order valence-corrected chi connectivity index (χ3v) is 8.02. The minimum atomic E-state index is -1.98. The SMILES string of the molecule is CCC(=O)N(C(=O)[C@@](N)(C(C)C)N1CCC(C(C)NC(=O)OC(C)(C)C)=CC(Cc2ccccc2)C1=O)[C@H](C(=O)OC)C(C)C. The zero-order chi connectivity index (χ0) is 34.3. The van der Waals surface area contributed by atoms with Crippen LogP contribution in [-0.2, 0) is 35.1 Å². The Morgan fingerprint density at radius 2 is 1.67 bits per heavy atom. The Bertz CT molecular complexity index is 1250. The quantitative estimate of drug-likeness (QED) is 0.274. The highest BCUT2D eigenvalue weighted by Crippen LogP contribution is 2.32. The molecule has 250 valence electrons. The van der Waals surface area contributed by atoms with Crippen molar-refractivity contribution in [1.29, 1.82) is 0 Å². The summed E-state index contributed by atoms with van der Waals surface area (Å²) in [5, 5.41) is 2.86. The number of imide groups is 1. The number of nitrogens with one attached hydrogen (secondary N) is 1. The zero-order valence-corrected chi connectivity index (χ0v) is 28.5. The molecule has 1 aliphatic heterocycles. The zero-order valence-electron chi connectivity index (χ0n) is 28.5. The Morgan fingerprint density at radius 1 is 1.07 bits per heavy atom. The van der Waals surface area contributed by atoms with Crippen LogP contribution in [0.1, 0.15) is 80.7 Å². The first-order valence-corrected chi connectivity index (χ1v) is 15.7. The molecule has 45 heavy (non-hydrogen) atoms. The molecule has 0 saturated heterocycles. The van der Waals surface area contributed by atoms with Gasteiger partial charge in [-0.1, -0.05) is 71.0 Å². The molecule has 0 fully saturated rings. The van der Waals surface area contributed by atoms with Gasteiger partial charge in [-0.25, -0.2) is 9.59 Å². The van der Waals surface area contributed by atoms with E-state index in [0.717, 1.165) is 16.0 Å². The fourth-order valence-electron chi connectivity index (χ4n) is 5.51. The van der Waals surface area contributed by atoms with Crippen LogP contribution in [0.4, 0.5) is 4.79 Å². The van der Waals surface area contributed by atoms with Gasteiger partial charge in [0.25, 0.3) is 5.91 Å². The van der Waals surface area contributed by atoms with E-state index in [1.54, 1.807) is 55.4 Å². The number of hydrogen-bond acceptors (Lipinski definition) is 8. The summed E-state index contributed by atoms with van der Waals surface area (Å²) in [5.41, 5.74) is 6.01. The largest absolute Gasteiger partial charge is 0.467 e. The van der Waals surface area contributed by atoms with Gasteiger partial charge in [-0.15, -0.1) is 0 Å². The topological polar surface area (TPSA) is 148 Å². The van der Waals surface area contributed by atoms with Crippen molar-refractivity contribution in [3.05, 3.63) is 47.5 Å². The van der Waals surface area contributed by atoms with Gasteiger partial charge in [0.2, 0.25) is 11.8 Å². The minimum absolute atomic E-state index is 0.0371. The molecule has 0 spiro atoms. The van der Waals surface area contributed by atoms with Crippen molar-refractivity contribution in [3.8, 4) is 0 Å². The van der Waals surface area contributed by atoms with Crippen LogP contribution < -0.4 is 11.1 Å². The van der Waals surface area contributed by atoms with Crippen LogP contribution in [0.2, 0.25) is 0 Å². The average molecular weight is 629 g/mol. The average Bonchev–Trinajstić information content (AvgIpc) is 3.12. The van der Waals surface area contributed by atoms with Crippen LogP contribution in [0.3, 0.4) is 0 Å². The first-order chi connectivity index (χ1) is 20.9. The summed E-state index contributed by atoms with van der Waals surface area (Å²) in [4.78, 5) is 70.2. The smallest absolute Gasteiger partial charge is 0.408 e. The molecule has 2 rings (SSSR count). The molecule has 1 aliphatic rings. The van der Waals surface area contributed by atoms with Gasteiger partial charge in [-0.3, -0.25) is 19.3 Å². The van der Waals surface area contributed by atoms with Crippen molar-refractivity contribution in [2.45, 2.75) is 105 Å². The fourth-order valence-corrected chi connectivity index (χ4v) is 5.51. The second-order valence-electron chi connectivity index (χ2n) is 13.3. The predicted octanol–water partition coefficient (Wildman–Crippen LogP) is 4.19. The number of nitrogens with zero attached hydrogens (tertiary/aromatic N) is 2. The number of alkyl carbamates (subject to hydrolysis) is 1. The van der Waals surface area contributed by atoms with E-state index in [1.165, 1.54) is 12.0 Å². The van der Waals surface area contributed by atoms with Crippen molar-refractivity contribution >= 4 is 29.8 Å². The van der Waals surface area contributed by atoms with Gasteiger partial charge >= 0.3 is 12.1 Å². The molecule has 4 atom stereocenters. The molecule has 11 nitrogen and oxygen atoms in total. The van der Waals surface area contributed by atoms with Gasteiger partial charge in [0.05, 0.1) is 19.1 Å². The standard InChI is InChI=1S/C34H52N4O7/c1-11-27(39)38(28(21(2)3)30(41)44-10)31(42)34(35,22(4)5)37-18-17-25(23(6)36-32(43)45-33(7,8)9)20-26(29(37)40)19-24-15-13-12-14-16-24/h12-16,20-23,26,28H,11,17-19,35H2,1-10H3,(H,36,43)/t23?,26?,28-,34+/m0/s1. The van der Waals surface area contributed by atoms with Crippen LogP contribution in [-0.4, -0.2) is 76.6 Å². The van der Waals surface area contributed by atoms with Crippen molar-refractivity contribution in [3.63, 3.8) is 0 Å². The second-order valence-corrected chi connectivity index (χ2v) is 13.3. The van der Waals surface area contributed by atoms with Gasteiger partial charge in [0.15, 0.2) is 5.66 Å². The Morgan fingerprint density at radius 3 is 2.16 bits per heavy atom. The Labute approximate surface area is 267 Å². The molecule has 0 bridgehead atoms. The lowest BCUT2D eigenvalue weighted by molar-refractivity contribution is -0.172. The number of nitrogens with two attached hydrogens (primary N) is 1. The summed E-state index contributed by atoms with van der Waals surface area (Å²) in [6, 6.07) is 7.74. The first kappa shape index (κ1) is 37.5. The van der Waals surface area contributed by atoms with E-state index in [9.17, 15) is 24.0 Å². The summed E-state index contributed by atoms with van der Waals surface area (Å²) >= 11 is 0. The molecule has 2 unspecified atom stereocenters. The van der Waals surface area contributed by atoms with Crippen LogP contribution >= 0.6 is 0 Å². The molecular formula is C34H52N4O7. The second kappa shape index (κ2) is 15.5. The van der Waals surface area contributed by atoms with Crippen LogP contribution in [0, 0.1) is 17.8 Å². The van der Waals surface area contributed by atoms with Crippen LogP contribution in [0.5, 0.6) is 0 Å². The van der Waals surface area contributed by atoms with E-state index in [4.69, 9.17) is 15.2 Å². The summed E-state index contributed by atoms with van der Waals surface area (Å²) < 4.78 is 10.4. The predicted molar refractivity (Wildman–Crippen MR) is 171 cm³/mol. The highest BCUT2D eigenvalue weighted by molar-refractivity contribution is 6.04. The highest BCUT2D eigenvalue weighted by atomic mass is 16.6. The van der Waals surface area contributed by atoms with Crippen LogP contribution in [0.15, 0.2) is 42.0 Å². The van der Waals surface area contributed by atoms with Gasteiger partial charge in [0, 0.05) is 13.0 Å². The molecule has 1 aromatic carbocycles. The number of rotatable bonds is 11. The van der Waals surface area contributed by atoms with E-state index >= 15 is 0 Å². The molecule has 1 aromatic rings. The van der Waals surface area contributed by atoms with Crippen molar-refractivity contribution in [1.82, 2.24) is 15.1 Å². The maximum Gasteiger partial charge on any atom is 0.408 e. The molecule has 1 heterocycles. The molecule has 0 aromatic heterocycles. The first-order valence-electron chi connectivity index (χ1n) is 15.7. The Kier molecular flexibility index (Phi) is 12.9. The van der Waals surface area contributed by atoms with E-state index in [0.29, 0.717) is 12.8 Å². The maximum absolute atomic E-state index is 14.6. The van der Waals surface area contributed by atoms with E-state index in [2.05, 4.69) is 5.32 Å². The number of esters is 1. The number of amides is 4. The highest BCUT2D eigenvalue weighted by Gasteiger charge is 2.53. The van der Waals surface area contributed by atoms with Crippen LogP contribution in [0.25, 0.3) is 0 Å². The summed E-state index contributed by atoms with van der Waals surface area (Å²) in [7, 11) is 1.20. The molecule has 3 N–H and O–H groups in total. The van der Waals surface area contributed by atoms with E-state index in [-0.39, 0.29) is 13.0 Å². The summed E-state index contributed by atoms with van der Waals surface area (Å²) in [6.07, 6.45) is 1.78. The molecule has 4 amide bonds. The third-order valence-electron chi connectivity index (χ3n) is 8.02. The van der Waals surface area contributed by atoms with Gasteiger partial charge < -0.3 is 25.4 Å². The maximum atomic E-state index is 14.6. The Balaban J connectivity index is 2.64. The number of carbonyl (C=O) groups is 5. The van der Waals surface area contributed by atoms with Gasteiger partial charge in [0.1, 0.15) is 11.6 Å². The summed E-state index contributed by atoms with van der Waals surface area (Å²) in [6.45, 7) is 15.6. The van der Waals surface area contributed by atoms with Crippen molar-refractivity contribution in [2.24, 2.45) is 23.5 Å². The monoisotopic (exact) mass is 628 g/mol. The lowest BCUT2D eigenvalue weighted by Crippen LogP contribution is -2.72. The third kappa shape index (κ3) is 9.15. The number of benzene rings is 1. The number of hydrogen-bond donors (Lipinski definition) is 2. The lowest BCUT2D eigenvalue weighted by atomic mass is 9.88. The van der Waals surface area contributed by atoms with Crippen molar-refractivity contribution < 1.29 is 33.4 Å². The normalized spacial score (nSPS) is 18.3. The number of carbonyl (C=O) groups excluding carboxylic acids is 5. The number of ether oxygens (including phenoxy) is 2. The molecule has 0 radical (unpaired) electrons. The summed E-state index contributed by atoms with van der Waals surface area (Å²) in [5.74, 6) is -4.46. The Hall–Kier alpha value is -3.73. The van der Waals surface area contributed by atoms with E-state index in [1.807, 2.05) is 43.3 Å². The molecule has 0 aliphatic carbocycles. The lowest BCUT2D eigenvalue weighted by Gasteiger charge is -2.46. The van der Waals surface area contributed by atoms with E-state index < -0.39 is 70.9 Å². The minimum Gasteiger partial charge on any atom is -0.467 e. The van der Waals surface area contributed by atoms with Gasteiger partial charge in [-0.05, 0) is 63.5 Å².